The lowest BCUT2D eigenvalue weighted by Crippen LogP contribution is -1.99. The number of hydrogen-bond donors (Lipinski definition) is 0. The highest BCUT2D eigenvalue weighted by Crippen LogP contribution is 2.46. The molecule has 4 aromatic carbocycles. The summed E-state index contributed by atoms with van der Waals surface area (Å²) in [6.45, 7) is 8.63. The molecular weight excluding hydrogens is 364 g/mol. The quantitative estimate of drug-likeness (QED) is 0.342. The molecule has 1 heteroatoms. The molecule has 4 aromatic rings. The molecule has 0 heterocycles. The van der Waals surface area contributed by atoms with Crippen LogP contribution in [0.15, 0.2) is 78.9 Å². The van der Waals surface area contributed by atoms with Crippen molar-refractivity contribution < 1.29 is 4.74 Å². The van der Waals surface area contributed by atoms with Gasteiger partial charge in [0.15, 0.2) is 0 Å². The lowest BCUT2D eigenvalue weighted by molar-refractivity contribution is 0.418. The molecule has 0 aromatic heterocycles. The van der Waals surface area contributed by atoms with Crippen molar-refractivity contribution in [3.63, 3.8) is 0 Å². The van der Waals surface area contributed by atoms with E-state index in [0.717, 1.165) is 16.9 Å². The van der Waals surface area contributed by atoms with Gasteiger partial charge in [-0.3, -0.25) is 0 Å². The molecule has 0 saturated carbocycles. The minimum Gasteiger partial charge on any atom is -0.495 e. The van der Waals surface area contributed by atoms with Crippen LogP contribution in [0.2, 0.25) is 0 Å². The van der Waals surface area contributed by atoms with Crippen molar-refractivity contribution in [2.24, 2.45) is 0 Å². The van der Waals surface area contributed by atoms with Crippen LogP contribution in [0.4, 0.5) is 0 Å². The third kappa shape index (κ3) is 3.64. The summed E-state index contributed by atoms with van der Waals surface area (Å²) in [5.74, 6) is 0.934. The van der Waals surface area contributed by atoms with Gasteiger partial charge in [0.1, 0.15) is 5.75 Å². The number of ether oxygens (including phenoxy) is 1. The van der Waals surface area contributed by atoms with Gasteiger partial charge in [-0.1, -0.05) is 83.9 Å². The molecule has 0 radical (unpaired) electrons. The first-order valence-electron chi connectivity index (χ1n) is 10.4. The molecule has 0 saturated heterocycles. The van der Waals surface area contributed by atoms with E-state index in [1.807, 2.05) is 0 Å². The van der Waals surface area contributed by atoms with E-state index in [0.29, 0.717) is 0 Å². The van der Waals surface area contributed by atoms with Gasteiger partial charge in [0, 0.05) is 11.1 Å². The number of aryl methyl sites for hydroxylation is 3. The Kier molecular flexibility index (Phi) is 5.46. The predicted molar refractivity (Wildman–Crippen MR) is 128 cm³/mol. The standard InChI is InChI=1S/C29H28O/c1-19-13-15-23(16-14-19)26-18-27(25-12-7-6-10-21(25)3)29(30-5)28(22(26)4)24-11-8-9-20(2)17-24/h6-18H,1-5H3. The Balaban J connectivity index is 2.10. The minimum atomic E-state index is 0.934. The molecule has 0 amide bonds. The SMILES string of the molecule is COc1c(-c2ccccc2C)cc(-c2ccc(C)cc2)c(C)c1-c1cccc(C)c1. The van der Waals surface area contributed by atoms with Gasteiger partial charge in [-0.2, -0.15) is 0 Å². The van der Waals surface area contributed by atoms with E-state index in [1.54, 1.807) is 7.11 Å². The summed E-state index contributed by atoms with van der Waals surface area (Å²) in [5.41, 5.74) is 12.1. The topological polar surface area (TPSA) is 9.23 Å². The van der Waals surface area contributed by atoms with Crippen LogP contribution in [-0.2, 0) is 0 Å². The lowest BCUT2D eigenvalue weighted by atomic mass is 9.86. The fourth-order valence-electron chi connectivity index (χ4n) is 4.23. The zero-order valence-corrected chi connectivity index (χ0v) is 18.4. The van der Waals surface area contributed by atoms with Crippen LogP contribution in [0, 0.1) is 27.7 Å². The molecule has 0 spiro atoms. The Morgan fingerprint density at radius 3 is 1.97 bits per heavy atom. The van der Waals surface area contributed by atoms with Crippen LogP contribution in [0.1, 0.15) is 22.3 Å². The minimum absolute atomic E-state index is 0.934. The van der Waals surface area contributed by atoms with Crippen molar-refractivity contribution in [1.82, 2.24) is 0 Å². The summed E-state index contributed by atoms with van der Waals surface area (Å²) in [4.78, 5) is 0. The first-order valence-corrected chi connectivity index (χ1v) is 10.4. The van der Waals surface area contributed by atoms with E-state index < -0.39 is 0 Å². The Bertz CT molecular complexity index is 1200. The molecule has 0 N–H and O–H groups in total. The van der Waals surface area contributed by atoms with Gasteiger partial charge < -0.3 is 4.74 Å². The largest absolute Gasteiger partial charge is 0.495 e. The number of hydrogen-bond acceptors (Lipinski definition) is 1. The molecular formula is C29H28O. The average molecular weight is 393 g/mol. The summed E-state index contributed by atoms with van der Waals surface area (Å²) >= 11 is 0. The van der Waals surface area contributed by atoms with E-state index >= 15 is 0 Å². The van der Waals surface area contributed by atoms with E-state index in [-0.39, 0.29) is 0 Å². The Labute approximate surface area is 180 Å². The average Bonchev–Trinajstić information content (AvgIpc) is 2.74. The molecule has 4 rings (SSSR count). The van der Waals surface area contributed by atoms with Crippen molar-refractivity contribution in [1.29, 1.82) is 0 Å². The third-order valence-corrected chi connectivity index (χ3v) is 5.85. The highest BCUT2D eigenvalue weighted by Gasteiger charge is 2.20. The summed E-state index contributed by atoms with van der Waals surface area (Å²) in [6, 6.07) is 28.3. The van der Waals surface area contributed by atoms with Crippen LogP contribution in [0.5, 0.6) is 5.75 Å². The van der Waals surface area contributed by atoms with Gasteiger partial charge in [-0.15, -0.1) is 0 Å². The van der Waals surface area contributed by atoms with E-state index in [9.17, 15) is 0 Å². The Morgan fingerprint density at radius 2 is 1.30 bits per heavy atom. The highest BCUT2D eigenvalue weighted by molar-refractivity contribution is 5.92. The normalized spacial score (nSPS) is 10.8. The van der Waals surface area contributed by atoms with Crippen LogP contribution < -0.4 is 4.74 Å². The molecule has 0 aliphatic rings. The smallest absolute Gasteiger partial charge is 0.134 e. The van der Waals surface area contributed by atoms with E-state index in [1.165, 1.54) is 44.5 Å². The highest BCUT2D eigenvalue weighted by atomic mass is 16.5. The molecule has 0 aliphatic carbocycles. The maximum absolute atomic E-state index is 6.07. The summed E-state index contributed by atoms with van der Waals surface area (Å²) in [5, 5.41) is 0. The van der Waals surface area contributed by atoms with Gasteiger partial charge in [0.05, 0.1) is 7.11 Å². The zero-order chi connectivity index (χ0) is 21.3. The second-order valence-corrected chi connectivity index (χ2v) is 8.06. The van der Waals surface area contributed by atoms with Crippen LogP contribution in [0.3, 0.4) is 0 Å². The molecule has 0 aliphatic heterocycles. The number of benzene rings is 4. The second-order valence-electron chi connectivity index (χ2n) is 8.06. The molecule has 0 unspecified atom stereocenters. The first-order chi connectivity index (χ1) is 14.5. The summed E-state index contributed by atoms with van der Waals surface area (Å²) in [6.07, 6.45) is 0. The maximum atomic E-state index is 6.07. The van der Waals surface area contributed by atoms with E-state index in [4.69, 9.17) is 4.74 Å². The zero-order valence-electron chi connectivity index (χ0n) is 18.4. The van der Waals surface area contributed by atoms with Gasteiger partial charge in [0.25, 0.3) is 0 Å². The third-order valence-electron chi connectivity index (χ3n) is 5.85. The second kappa shape index (κ2) is 8.20. The first kappa shape index (κ1) is 20.0. The van der Waals surface area contributed by atoms with Crippen molar-refractivity contribution in [3.8, 4) is 39.1 Å². The van der Waals surface area contributed by atoms with Gasteiger partial charge in [-0.05, 0) is 67.1 Å². The Morgan fingerprint density at radius 1 is 0.567 bits per heavy atom. The van der Waals surface area contributed by atoms with Gasteiger partial charge >= 0.3 is 0 Å². The van der Waals surface area contributed by atoms with Crippen molar-refractivity contribution in [2.75, 3.05) is 7.11 Å². The molecule has 0 atom stereocenters. The summed E-state index contributed by atoms with van der Waals surface area (Å²) < 4.78 is 6.07. The molecule has 150 valence electrons. The number of methoxy groups -OCH3 is 1. The van der Waals surface area contributed by atoms with E-state index in [2.05, 4.69) is 107 Å². The lowest BCUT2D eigenvalue weighted by Gasteiger charge is -2.21. The molecule has 1 nitrogen and oxygen atoms in total. The van der Waals surface area contributed by atoms with Crippen molar-refractivity contribution >= 4 is 0 Å². The van der Waals surface area contributed by atoms with Crippen LogP contribution in [-0.4, -0.2) is 7.11 Å². The molecule has 30 heavy (non-hydrogen) atoms. The Hall–Kier alpha value is -3.32. The maximum Gasteiger partial charge on any atom is 0.134 e. The van der Waals surface area contributed by atoms with Crippen LogP contribution >= 0.6 is 0 Å². The summed E-state index contributed by atoms with van der Waals surface area (Å²) in [7, 11) is 1.78. The molecule has 0 fully saturated rings. The van der Waals surface area contributed by atoms with Gasteiger partial charge in [-0.25, -0.2) is 0 Å². The van der Waals surface area contributed by atoms with Crippen LogP contribution in [0.25, 0.3) is 33.4 Å². The fourth-order valence-corrected chi connectivity index (χ4v) is 4.23. The molecule has 0 bridgehead atoms. The predicted octanol–water partition coefficient (Wildman–Crippen LogP) is 7.93. The number of rotatable bonds is 4. The van der Waals surface area contributed by atoms with Crippen molar-refractivity contribution in [2.45, 2.75) is 27.7 Å². The van der Waals surface area contributed by atoms with Crippen molar-refractivity contribution in [3.05, 3.63) is 101 Å². The fraction of sp³-hybridized carbons (Fsp3) is 0.172. The van der Waals surface area contributed by atoms with Gasteiger partial charge in [0.2, 0.25) is 0 Å². The monoisotopic (exact) mass is 392 g/mol.